The first-order valence-electron chi connectivity index (χ1n) is 11.3. The third-order valence-corrected chi connectivity index (χ3v) is 6.71. The van der Waals surface area contributed by atoms with E-state index < -0.39 is 5.56 Å². The number of pyridine rings is 1. The Bertz CT molecular complexity index is 1040. The van der Waals surface area contributed by atoms with E-state index in [9.17, 15) is 14.4 Å². The minimum atomic E-state index is -0.403. The summed E-state index contributed by atoms with van der Waals surface area (Å²) in [7, 11) is 0. The molecule has 2 aliphatic rings. The van der Waals surface area contributed by atoms with Gasteiger partial charge in [-0.25, -0.2) is 0 Å². The fourth-order valence-electron chi connectivity index (χ4n) is 4.81. The molecule has 1 aromatic heterocycles. The number of amides is 2. The molecule has 2 heterocycles. The van der Waals surface area contributed by atoms with Gasteiger partial charge in [-0.15, -0.1) is 0 Å². The summed E-state index contributed by atoms with van der Waals surface area (Å²) in [6, 6.07) is 9.74. The van der Waals surface area contributed by atoms with E-state index >= 15 is 0 Å². The number of aryl methyl sites for hydroxylation is 2. The van der Waals surface area contributed by atoms with Gasteiger partial charge in [-0.3, -0.25) is 14.4 Å². The fourth-order valence-corrected chi connectivity index (χ4v) is 4.81. The van der Waals surface area contributed by atoms with Crippen LogP contribution in [-0.2, 0) is 11.3 Å². The summed E-state index contributed by atoms with van der Waals surface area (Å²) in [5.41, 5.74) is 3.27. The highest BCUT2D eigenvalue weighted by Crippen LogP contribution is 2.33. The first-order chi connectivity index (χ1) is 14.9. The van der Waals surface area contributed by atoms with E-state index in [1.54, 1.807) is 18.3 Å². The zero-order chi connectivity index (χ0) is 22.0. The Morgan fingerprint density at radius 1 is 1.03 bits per heavy atom. The number of nitrogens with zero attached hydrogens (tertiary/aromatic N) is 2. The average molecular weight is 422 g/mol. The molecule has 2 fully saturated rings. The van der Waals surface area contributed by atoms with Crippen LogP contribution in [0.15, 0.2) is 41.3 Å². The molecule has 1 N–H and O–H groups in total. The van der Waals surface area contributed by atoms with Crippen molar-refractivity contribution in [1.29, 1.82) is 0 Å². The Morgan fingerprint density at radius 3 is 2.55 bits per heavy atom. The number of likely N-dealkylation sites (tertiary alicyclic amines) is 1. The monoisotopic (exact) mass is 421 g/mol. The van der Waals surface area contributed by atoms with E-state index in [-0.39, 0.29) is 36.0 Å². The molecule has 6 heteroatoms. The quantitative estimate of drug-likeness (QED) is 0.803. The fraction of sp³-hybridized carbons (Fsp3) is 0.480. The summed E-state index contributed by atoms with van der Waals surface area (Å²) in [4.78, 5) is 40.5. The van der Waals surface area contributed by atoms with Crippen molar-refractivity contribution in [1.82, 2.24) is 14.8 Å². The van der Waals surface area contributed by atoms with Crippen LogP contribution >= 0.6 is 0 Å². The van der Waals surface area contributed by atoms with E-state index in [2.05, 4.69) is 37.4 Å². The second-order valence-corrected chi connectivity index (χ2v) is 8.90. The molecule has 1 aliphatic carbocycles. The van der Waals surface area contributed by atoms with E-state index in [0.29, 0.717) is 6.54 Å². The van der Waals surface area contributed by atoms with Gasteiger partial charge in [-0.1, -0.05) is 31.0 Å². The van der Waals surface area contributed by atoms with Crippen LogP contribution < -0.4 is 10.9 Å². The largest absolute Gasteiger partial charge is 0.352 e. The molecule has 1 aliphatic heterocycles. The van der Waals surface area contributed by atoms with Gasteiger partial charge in [0.1, 0.15) is 12.1 Å². The Hall–Kier alpha value is -2.89. The highest BCUT2D eigenvalue weighted by molar-refractivity contribution is 5.94. The van der Waals surface area contributed by atoms with Crippen LogP contribution in [0.5, 0.6) is 0 Å². The molecule has 0 bridgehead atoms. The van der Waals surface area contributed by atoms with Crippen LogP contribution in [0.2, 0.25) is 0 Å². The van der Waals surface area contributed by atoms with Crippen LogP contribution in [0.3, 0.4) is 0 Å². The average Bonchev–Trinajstić information content (AvgIpc) is 3.43. The van der Waals surface area contributed by atoms with E-state index in [0.717, 1.165) is 44.1 Å². The first-order valence-corrected chi connectivity index (χ1v) is 11.3. The number of nitrogens with one attached hydrogen (secondary N) is 1. The third-order valence-electron chi connectivity index (χ3n) is 6.71. The van der Waals surface area contributed by atoms with Gasteiger partial charge in [0.15, 0.2) is 0 Å². The topological polar surface area (TPSA) is 71.4 Å². The second kappa shape index (κ2) is 9.08. The van der Waals surface area contributed by atoms with Gasteiger partial charge in [0.2, 0.25) is 5.91 Å². The molecular formula is C25H31N3O3. The molecule has 31 heavy (non-hydrogen) atoms. The molecule has 164 valence electrons. The summed E-state index contributed by atoms with van der Waals surface area (Å²) in [5.74, 6) is -0.427. The highest BCUT2D eigenvalue weighted by atomic mass is 16.2. The molecule has 0 spiro atoms. The van der Waals surface area contributed by atoms with Gasteiger partial charge < -0.3 is 14.8 Å². The molecule has 1 aromatic carbocycles. The van der Waals surface area contributed by atoms with Gasteiger partial charge in [-0.2, -0.15) is 0 Å². The van der Waals surface area contributed by atoms with Gasteiger partial charge in [-0.05, 0) is 68.4 Å². The van der Waals surface area contributed by atoms with Crippen molar-refractivity contribution >= 4 is 11.8 Å². The highest BCUT2D eigenvalue weighted by Gasteiger charge is 2.32. The number of rotatable bonds is 5. The maximum absolute atomic E-state index is 13.3. The van der Waals surface area contributed by atoms with Crippen LogP contribution in [0.1, 0.15) is 71.6 Å². The zero-order valence-electron chi connectivity index (χ0n) is 18.4. The van der Waals surface area contributed by atoms with Crippen molar-refractivity contribution in [2.75, 3.05) is 6.54 Å². The van der Waals surface area contributed by atoms with Gasteiger partial charge in [0.25, 0.3) is 11.5 Å². The van der Waals surface area contributed by atoms with Gasteiger partial charge in [0.05, 0.1) is 6.04 Å². The Balaban J connectivity index is 1.52. The summed E-state index contributed by atoms with van der Waals surface area (Å²) in [6.45, 7) is 4.72. The zero-order valence-corrected chi connectivity index (χ0v) is 18.4. The van der Waals surface area contributed by atoms with Crippen LogP contribution in [0.25, 0.3) is 0 Å². The molecule has 1 atom stereocenters. The molecule has 0 radical (unpaired) electrons. The maximum atomic E-state index is 13.3. The normalized spacial score (nSPS) is 19.0. The number of carbonyl (C=O) groups is 2. The molecular weight excluding hydrogens is 390 g/mol. The standard InChI is InChI=1S/C25H31N3O3/c1-17-11-12-19(15-18(17)2)22-10-6-14-28(22)25(31)21-9-5-13-27(24(21)30)16-23(29)26-20-7-3-4-8-20/h5,9,11-13,15,20,22H,3-4,6-8,10,14,16H2,1-2H3,(H,26,29). The Kier molecular flexibility index (Phi) is 6.25. The molecule has 4 rings (SSSR count). The number of hydrogen-bond donors (Lipinski definition) is 1. The van der Waals surface area contributed by atoms with Crippen LogP contribution in [0, 0.1) is 13.8 Å². The van der Waals surface area contributed by atoms with E-state index in [1.165, 1.54) is 15.7 Å². The third kappa shape index (κ3) is 4.58. The van der Waals surface area contributed by atoms with E-state index in [4.69, 9.17) is 0 Å². The van der Waals surface area contributed by atoms with E-state index in [1.807, 2.05) is 4.90 Å². The molecule has 1 saturated carbocycles. The summed E-state index contributed by atoms with van der Waals surface area (Å²) in [5, 5.41) is 3.00. The van der Waals surface area contributed by atoms with Crippen molar-refractivity contribution in [2.45, 2.75) is 71.0 Å². The number of carbonyl (C=O) groups excluding carboxylic acids is 2. The molecule has 1 saturated heterocycles. The smallest absolute Gasteiger partial charge is 0.263 e. The van der Waals surface area contributed by atoms with Gasteiger partial charge in [0, 0.05) is 18.8 Å². The molecule has 2 amide bonds. The van der Waals surface area contributed by atoms with Crippen molar-refractivity contribution in [2.24, 2.45) is 0 Å². The lowest BCUT2D eigenvalue weighted by Crippen LogP contribution is -2.40. The number of aromatic nitrogens is 1. The van der Waals surface area contributed by atoms with Crippen molar-refractivity contribution in [3.8, 4) is 0 Å². The van der Waals surface area contributed by atoms with Crippen LogP contribution in [0.4, 0.5) is 0 Å². The second-order valence-electron chi connectivity index (χ2n) is 8.90. The van der Waals surface area contributed by atoms with Gasteiger partial charge >= 0.3 is 0 Å². The SMILES string of the molecule is Cc1ccc(C2CCCN2C(=O)c2cccn(CC(=O)NC3CCCC3)c2=O)cc1C. The lowest BCUT2D eigenvalue weighted by Gasteiger charge is -2.25. The minimum absolute atomic E-state index is 0.0227. The Labute approximate surface area is 183 Å². The summed E-state index contributed by atoms with van der Waals surface area (Å²) < 4.78 is 1.35. The summed E-state index contributed by atoms with van der Waals surface area (Å²) in [6.07, 6.45) is 7.63. The predicted octanol–water partition coefficient (Wildman–Crippen LogP) is 3.50. The maximum Gasteiger partial charge on any atom is 0.263 e. The van der Waals surface area contributed by atoms with Crippen molar-refractivity contribution in [3.63, 3.8) is 0 Å². The number of benzene rings is 1. The summed E-state index contributed by atoms with van der Waals surface area (Å²) >= 11 is 0. The molecule has 2 aromatic rings. The van der Waals surface area contributed by atoms with Crippen molar-refractivity contribution in [3.05, 3.63) is 69.1 Å². The minimum Gasteiger partial charge on any atom is -0.352 e. The van der Waals surface area contributed by atoms with Crippen molar-refractivity contribution < 1.29 is 9.59 Å². The lowest BCUT2D eigenvalue weighted by atomic mass is 9.99. The Morgan fingerprint density at radius 2 is 1.81 bits per heavy atom. The molecule has 6 nitrogen and oxygen atoms in total. The van der Waals surface area contributed by atoms with Crippen LogP contribution in [-0.4, -0.2) is 33.9 Å². The number of hydrogen-bond acceptors (Lipinski definition) is 3. The predicted molar refractivity (Wildman–Crippen MR) is 120 cm³/mol. The molecule has 1 unspecified atom stereocenters. The lowest BCUT2D eigenvalue weighted by molar-refractivity contribution is -0.122. The first kappa shape index (κ1) is 21.3.